The molecular formula is C17H17ClFNO2. The summed E-state index contributed by atoms with van der Waals surface area (Å²) in [5.41, 5.74) is 1.08. The van der Waals surface area contributed by atoms with Crippen molar-refractivity contribution in [2.45, 2.75) is 32.1 Å². The monoisotopic (exact) mass is 321 g/mol. The summed E-state index contributed by atoms with van der Waals surface area (Å²) >= 11 is 5.74. The summed E-state index contributed by atoms with van der Waals surface area (Å²) < 4.78 is 19.4. The van der Waals surface area contributed by atoms with E-state index in [0.29, 0.717) is 28.5 Å². The molecule has 0 aliphatic heterocycles. The van der Waals surface area contributed by atoms with Crippen molar-refractivity contribution in [2.24, 2.45) is 5.92 Å². The number of halogens is 2. The Balaban J connectivity index is 2.04. The first-order valence-electron chi connectivity index (χ1n) is 7.48. The molecule has 3 rings (SSSR count). The molecule has 2 atom stereocenters. The smallest absolute Gasteiger partial charge is 0.171 e. The summed E-state index contributed by atoms with van der Waals surface area (Å²) in [6, 6.07) is 6.31. The van der Waals surface area contributed by atoms with Crippen molar-refractivity contribution in [1.29, 1.82) is 0 Å². The van der Waals surface area contributed by atoms with Gasteiger partial charge in [0.25, 0.3) is 0 Å². The summed E-state index contributed by atoms with van der Waals surface area (Å²) in [4.78, 5) is 12.8. The van der Waals surface area contributed by atoms with E-state index < -0.39 is 5.82 Å². The van der Waals surface area contributed by atoms with Gasteiger partial charge in [-0.2, -0.15) is 0 Å². The molecule has 0 saturated carbocycles. The number of ketones is 1. The van der Waals surface area contributed by atoms with Gasteiger partial charge in [0.05, 0.1) is 5.56 Å². The van der Waals surface area contributed by atoms with Gasteiger partial charge in [0.2, 0.25) is 0 Å². The van der Waals surface area contributed by atoms with Gasteiger partial charge >= 0.3 is 0 Å². The summed E-state index contributed by atoms with van der Waals surface area (Å²) in [6.07, 6.45) is 2.27. The van der Waals surface area contributed by atoms with E-state index >= 15 is 0 Å². The number of benzene rings is 1. The van der Waals surface area contributed by atoms with Crippen LogP contribution in [0, 0.1) is 11.7 Å². The maximum Gasteiger partial charge on any atom is 0.171 e. The highest BCUT2D eigenvalue weighted by atomic mass is 35.5. The lowest BCUT2D eigenvalue weighted by Crippen LogP contribution is -2.24. The van der Waals surface area contributed by atoms with Crippen molar-refractivity contribution < 1.29 is 13.7 Å². The Labute approximate surface area is 133 Å². The Morgan fingerprint density at radius 1 is 1.41 bits per heavy atom. The number of nitrogens with zero attached hydrogens (tertiary/aromatic N) is 1. The fourth-order valence-electron chi connectivity index (χ4n) is 3.13. The van der Waals surface area contributed by atoms with Crippen molar-refractivity contribution in [2.75, 3.05) is 5.88 Å². The largest absolute Gasteiger partial charge is 0.360 e. The standard InChI is InChI=1S/C17H17ClFNO2/c1-10-9-11(5-4-8-18)16(21)14-15(20-22-17(10)14)12-6-2-3-7-13(12)19/h2-3,6-7,10-11H,4-5,8-9H2,1H3. The highest BCUT2D eigenvalue weighted by Crippen LogP contribution is 2.41. The summed E-state index contributed by atoms with van der Waals surface area (Å²) in [5.74, 6) is 0.715. The molecule has 2 aromatic rings. The molecule has 2 unspecified atom stereocenters. The number of Topliss-reactive ketones (excluding diaryl/α,β-unsaturated/α-hetero) is 1. The number of carbonyl (C=O) groups is 1. The normalized spacial score (nSPS) is 21.0. The third-order valence-electron chi connectivity index (χ3n) is 4.24. The Kier molecular flexibility index (Phi) is 4.30. The Morgan fingerprint density at radius 2 is 2.18 bits per heavy atom. The van der Waals surface area contributed by atoms with Gasteiger partial charge in [0.15, 0.2) is 11.5 Å². The van der Waals surface area contributed by atoms with Crippen molar-refractivity contribution >= 4 is 17.4 Å². The molecule has 3 nitrogen and oxygen atoms in total. The SMILES string of the molecule is CC1CC(CCCCl)C(=O)c2c(-c3ccccc3F)noc21. The highest BCUT2D eigenvalue weighted by molar-refractivity contribution is 6.17. The van der Waals surface area contributed by atoms with Crippen LogP contribution < -0.4 is 0 Å². The molecule has 1 aliphatic rings. The van der Waals surface area contributed by atoms with Gasteiger partial charge in [-0.3, -0.25) is 4.79 Å². The predicted molar refractivity (Wildman–Crippen MR) is 82.7 cm³/mol. The van der Waals surface area contributed by atoms with Crippen LogP contribution in [-0.4, -0.2) is 16.8 Å². The Bertz CT molecular complexity index is 698. The minimum absolute atomic E-state index is 0.00211. The van der Waals surface area contributed by atoms with Crippen LogP contribution in [-0.2, 0) is 0 Å². The molecule has 0 radical (unpaired) electrons. The number of rotatable bonds is 4. The van der Waals surface area contributed by atoms with Gasteiger partial charge in [0, 0.05) is 23.3 Å². The number of fused-ring (bicyclic) bond motifs is 1. The van der Waals surface area contributed by atoms with Crippen LogP contribution in [0.5, 0.6) is 0 Å². The Hall–Kier alpha value is -1.68. The zero-order chi connectivity index (χ0) is 15.7. The van der Waals surface area contributed by atoms with Gasteiger partial charge in [-0.25, -0.2) is 4.39 Å². The molecule has 1 aliphatic carbocycles. The number of hydrogen-bond donors (Lipinski definition) is 0. The topological polar surface area (TPSA) is 43.1 Å². The molecule has 0 spiro atoms. The maximum absolute atomic E-state index is 14.0. The maximum atomic E-state index is 14.0. The van der Waals surface area contributed by atoms with E-state index in [1.54, 1.807) is 18.2 Å². The average molecular weight is 322 g/mol. The van der Waals surface area contributed by atoms with Crippen molar-refractivity contribution in [3.05, 3.63) is 41.4 Å². The predicted octanol–water partition coefficient (Wildman–Crippen LogP) is 4.81. The van der Waals surface area contributed by atoms with Crippen LogP contribution >= 0.6 is 11.6 Å². The van der Waals surface area contributed by atoms with Crippen LogP contribution in [0.25, 0.3) is 11.3 Å². The van der Waals surface area contributed by atoms with Gasteiger partial charge in [-0.15, -0.1) is 11.6 Å². The number of carbonyl (C=O) groups excluding carboxylic acids is 1. The fourth-order valence-corrected chi connectivity index (χ4v) is 3.29. The first-order chi connectivity index (χ1) is 10.6. The van der Waals surface area contributed by atoms with Gasteiger partial charge < -0.3 is 4.52 Å². The lowest BCUT2D eigenvalue weighted by atomic mass is 9.77. The Morgan fingerprint density at radius 3 is 2.91 bits per heavy atom. The minimum atomic E-state index is -0.401. The summed E-state index contributed by atoms with van der Waals surface area (Å²) in [7, 11) is 0. The molecule has 0 fully saturated rings. The zero-order valence-corrected chi connectivity index (χ0v) is 13.1. The zero-order valence-electron chi connectivity index (χ0n) is 12.3. The quantitative estimate of drug-likeness (QED) is 0.759. The van der Waals surface area contributed by atoms with Crippen LogP contribution in [0.1, 0.15) is 48.2 Å². The molecule has 0 amide bonds. The van der Waals surface area contributed by atoms with E-state index in [2.05, 4.69) is 5.16 Å². The third-order valence-corrected chi connectivity index (χ3v) is 4.50. The van der Waals surface area contributed by atoms with Gasteiger partial charge in [-0.1, -0.05) is 24.2 Å². The van der Waals surface area contributed by atoms with E-state index in [4.69, 9.17) is 16.1 Å². The lowest BCUT2D eigenvalue weighted by Gasteiger charge is -2.24. The second-order valence-corrected chi connectivity index (χ2v) is 6.16. The molecule has 0 N–H and O–H groups in total. The van der Waals surface area contributed by atoms with Crippen LogP contribution in [0.3, 0.4) is 0 Å². The first kappa shape index (κ1) is 15.2. The molecule has 1 heterocycles. The molecule has 0 bridgehead atoms. The first-order valence-corrected chi connectivity index (χ1v) is 8.01. The molecule has 116 valence electrons. The van der Waals surface area contributed by atoms with E-state index in [1.165, 1.54) is 6.07 Å². The second-order valence-electron chi connectivity index (χ2n) is 5.78. The highest BCUT2D eigenvalue weighted by Gasteiger charge is 2.37. The number of alkyl halides is 1. The van der Waals surface area contributed by atoms with Crippen LogP contribution in [0.2, 0.25) is 0 Å². The number of hydrogen-bond acceptors (Lipinski definition) is 3. The molecule has 5 heteroatoms. The fraction of sp³-hybridized carbons (Fsp3) is 0.412. The summed E-state index contributed by atoms with van der Waals surface area (Å²) in [5, 5.41) is 3.98. The van der Waals surface area contributed by atoms with E-state index in [9.17, 15) is 9.18 Å². The van der Waals surface area contributed by atoms with E-state index in [-0.39, 0.29) is 17.6 Å². The second kappa shape index (κ2) is 6.21. The van der Waals surface area contributed by atoms with Crippen molar-refractivity contribution in [1.82, 2.24) is 5.16 Å². The lowest BCUT2D eigenvalue weighted by molar-refractivity contribution is 0.0879. The van der Waals surface area contributed by atoms with Gasteiger partial charge in [-0.05, 0) is 31.4 Å². The molecule has 1 aromatic carbocycles. The molecule has 0 saturated heterocycles. The molecule has 22 heavy (non-hydrogen) atoms. The third kappa shape index (κ3) is 2.56. The molecule has 1 aromatic heterocycles. The average Bonchev–Trinajstić information content (AvgIpc) is 2.95. The summed E-state index contributed by atoms with van der Waals surface area (Å²) in [6.45, 7) is 2.01. The van der Waals surface area contributed by atoms with Crippen molar-refractivity contribution in [3.63, 3.8) is 0 Å². The molecular weight excluding hydrogens is 305 g/mol. The van der Waals surface area contributed by atoms with Crippen LogP contribution in [0.4, 0.5) is 4.39 Å². The number of aromatic nitrogens is 1. The van der Waals surface area contributed by atoms with E-state index in [0.717, 1.165) is 19.3 Å². The van der Waals surface area contributed by atoms with Crippen LogP contribution in [0.15, 0.2) is 28.8 Å². The van der Waals surface area contributed by atoms with E-state index in [1.807, 2.05) is 6.92 Å². The minimum Gasteiger partial charge on any atom is -0.360 e. The van der Waals surface area contributed by atoms with Crippen molar-refractivity contribution in [3.8, 4) is 11.3 Å². The van der Waals surface area contributed by atoms with Gasteiger partial charge in [0.1, 0.15) is 11.5 Å².